The van der Waals surface area contributed by atoms with Gasteiger partial charge >= 0.3 is 0 Å². The zero-order valence-corrected chi connectivity index (χ0v) is 19.5. The maximum Gasteiger partial charge on any atom is 0.240 e. The fourth-order valence-corrected chi connectivity index (χ4v) is 4.96. The Kier molecular flexibility index (Phi) is 4.26. The number of nitrogens with one attached hydrogen (secondary N) is 1. The fourth-order valence-electron chi connectivity index (χ4n) is 4.60. The number of nitrogens with two attached hydrogens (primary N) is 1. The number of carbonyl (C=O) groups is 1. The Labute approximate surface area is 197 Å². The number of nitrogens with zero attached hydrogens (tertiary/aromatic N) is 5. The van der Waals surface area contributed by atoms with Crippen LogP contribution >= 0.6 is 22.6 Å². The number of fused-ring (bicyclic) bond motifs is 2. The van der Waals surface area contributed by atoms with E-state index in [0.29, 0.717) is 28.8 Å². The maximum atomic E-state index is 13.1. The molecule has 4 heterocycles. The van der Waals surface area contributed by atoms with E-state index < -0.39 is 5.41 Å². The van der Waals surface area contributed by atoms with E-state index in [9.17, 15) is 4.79 Å². The van der Waals surface area contributed by atoms with Gasteiger partial charge < -0.3 is 15.5 Å². The molecule has 9 heteroatoms. The summed E-state index contributed by atoms with van der Waals surface area (Å²) in [7, 11) is 0. The van der Waals surface area contributed by atoms with Crippen molar-refractivity contribution in [2.24, 2.45) is 0 Å². The summed E-state index contributed by atoms with van der Waals surface area (Å²) in [5.41, 5.74) is 9.40. The molecule has 1 atom stereocenters. The molecule has 1 aliphatic heterocycles. The number of aromatic nitrogens is 5. The van der Waals surface area contributed by atoms with Crippen molar-refractivity contribution >= 4 is 45.8 Å². The van der Waals surface area contributed by atoms with Crippen molar-refractivity contribution in [3.8, 4) is 11.5 Å². The number of anilines is 2. The second-order valence-corrected chi connectivity index (χ2v) is 9.79. The summed E-state index contributed by atoms with van der Waals surface area (Å²) in [5.74, 6) is 1.35. The molecule has 3 aromatic heterocycles. The number of carbonyl (C=O) groups excluding carboxylic acids is 1. The molecule has 1 amide bonds. The predicted molar refractivity (Wildman–Crippen MR) is 129 cm³/mol. The second kappa shape index (κ2) is 6.96. The van der Waals surface area contributed by atoms with Crippen LogP contribution in [-0.2, 0) is 10.2 Å². The van der Waals surface area contributed by atoms with E-state index in [2.05, 4.69) is 42.9 Å². The molecule has 32 heavy (non-hydrogen) atoms. The van der Waals surface area contributed by atoms with Crippen LogP contribution in [0.25, 0.3) is 17.2 Å². The Morgan fingerprint density at radius 2 is 1.97 bits per heavy atom. The van der Waals surface area contributed by atoms with Crippen LogP contribution in [0, 0.1) is 3.57 Å². The lowest BCUT2D eigenvalue weighted by Crippen LogP contribution is -2.33. The molecule has 0 radical (unpaired) electrons. The maximum absolute atomic E-state index is 13.1. The number of benzene rings is 1. The van der Waals surface area contributed by atoms with Gasteiger partial charge in [0.05, 0.1) is 11.3 Å². The molecule has 160 valence electrons. The van der Waals surface area contributed by atoms with Crippen molar-refractivity contribution in [2.75, 3.05) is 11.1 Å². The Hall–Kier alpha value is -3.08. The first-order valence-corrected chi connectivity index (χ1v) is 11.6. The van der Waals surface area contributed by atoms with Crippen LogP contribution in [0.3, 0.4) is 0 Å². The van der Waals surface area contributed by atoms with Crippen LogP contribution in [0.15, 0.2) is 42.9 Å². The third-order valence-corrected chi connectivity index (χ3v) is 7.38. The average molecular weight is 537 g/mol. The molecule has 1 unspecified atom stereocenters. The summed E-state index contributed by atoms with van der Waals surface area (Å²) >= 11 is 2.24. The second-order valence-electron chi connectivity index (χ2n) is 8.54. The van der Waals surface area contributed by atoms with Crippen molar-refractivity contribution in [3.63, 3.8) is 0 Å². The molecule has 8 nitrogen and oxygen atoms in total. The molecular weight excluding hydrogens is 517 g/mol. The first kappa shape index (κ1) is 19.6. The molecule has 1 aromatic carbocycles. The van der Waals surface area contributed by atoms with Crippen LogP contribution in [0.1, 0.15) is 48.9 Å². The van der Waals surface area contributed by atoms with Gasteiger partial charge in [0.2, 0.25) is 5.91 Å². The number of amides is 1. The molecule has 4 aromatic rings. The van der Waals surface area contributed by atoms with E-state index in [1.807, 2.05) is 48.0 Å². The number of rotatable bonds is 3. The molecule has 0 bridgehead atoms. The third-order valence-electron chi connectivity index (χ3n) is 6.67. The van der Waals surface area contributed by atoms with Crippen LogP contribution < -0.4 is 11.1 Å². The Bertz CT molecular complexity index is 1390. The quantitative estimate of drug-likeness (QED) is 0.384. The lowest BCUT2D eigenvalue weighted by atomic mass is 9.78. The molecule has 6 rings (SSSR count). The summed E-state index contributed by atoms with van der Waals surface area (Å²) in [6.07, 6.45) is 8.95. The van der Waals surface area contributed by atoms with E-state index >= 15 is 0 Å². The number of hydrogen-bond donors (Lipinski definition) is 2. The molecule has 3 N–H and O–H groups in total. The molecule has 0 spiro atoms. The minimum absolute atomic E-state index is 0.167. The van der Waals surface area contributed by atoms with Crippen molar-refractivity contribution in [3.05, 3.63) is 63.2 Å². The summed E-state index contributed by atoms with van der Waals surface area (Å²) in [5, 5.41) is 2.93. The van der Waals surface area contributed by atoms with Gasteiger partial charge in [-0.3, -0.25) is 4.79 Å². The Balaban J connectivity index is 1.49. The Morgan fingerprint density at radius 1 is 1.19 bits per heavy atom. The highest BCUT2D eigenvalue weighted by Gasteiger charge is 2.47. The van der Waals surface area contributed by atoms with Gasteiger partial charge in [0.1, 0.15) is 22.7 Å². The van der Waals surface area contributed by atoms with Gasteiger partial charge in [-0.05, 0) is 60.1 Å². The summed E-state index contributed by atoms with van der Waals surface area (Å²) < 4.78 is 3.05. The normalized spacial score (nSPS) is 20.2. The molecule has 0 saturated heterocycles. The van der Waals surface area contributed by atoms with Gasteiger partial charge in [-0.2, -0.15) is 0 Å². The van der Waals surface area contributed by atoms with Crippen molar-refractivity contribution in [2.45, 2.75) is 37.5 Å². The summed E-state index contributed by atoms with van der Waals surface area (Å²) in [6, 6.07) is 7.85. The largest absolute Gasteiger partial charge is 0.383 e. The van der Waals surface area contributed by atoms with Crippen molar-refractivity contribution < 1.29 is 4.79 Å². The highest BCUT2D eigenvalue weighted by molar-refractivity contribution is 14.1. The van der Waals surface area contributed by atoms with Crippen LogP contribution in [0.2, 0.25) is 0 Å². The van der Waals surface area contributed by atoms with Gasteiger partial charge in [0.15, 0.2) is 11.5 Å². The topological polar surface area (TPSA) is 111 Å². The third kappa shape index (κ3) is 2.76. The van der Waals surface area contributed by atoms with E-state index in [1.54, 1.807) is 6.20 Å². The lowest BCUT2D eigenvalue weighted by molar-refractivity contribution is -0.119. The fraction of sp³-hybridized carbons (Fsp3) is 0.261. The highest BCUT2D eigenvalue weighted by Crippen LogP contribution is 2.45. The zero-order chi connectivity index (χ0) is 22.0. The van der Waals surface area contributed by atoms with E-state index in [-0.39, 0.29) is 11.7 Å². The number of hydrogen-bond acceptors (Lipinski definition) is 6. The minimum Gasteiger partial charge on any atom is -0.383 e. The first-order valence-electron chi connectivity index (χ1n) is 10.5. The van der Waals surface area contributed by atoms with Gasteiger partial charge in [-0.1, -0.05) is 18.6 Å². The number of imidazole rings is 1. The number of halogens is 1. The molecule has 2 aliphatic rings. The smallest absolute Gasteiger partial charge is 0.240 e. The summed E-state index contributed by atoms with van der Waals surface area (Å²) in [4.78, 5) is 31.7. The monoisotopic (exact) mass is 537 g/mol. The SMILES string of the molecule is CC1(c2ccc(I)cc2)C(=O)Nc2nc(-c3cn4ccnc4c(C4CCC4)n3)nc(N)c21. The van der Waals surface area contributed by atoms with Gasteiger partial charge in [0.25, 0.3) is 0 Å². The molecular formula is C23H20IN7O. The summed E-state index contributed by atoms with van der Waals surface area (Å²) in [6.45, 7) is 1.86. The minimum atomic E-state index is -0.957. The Morgan fingerprint density at radius 3 is 2.69 bits per heavy atom. The average Bonchev–Trinajstić information content (AvgIpc) is 3.30. The van der Waals surface area contributed by atoms with Crippen LogP contribution in [0.4, 0.5) is 11.6 Å². The molecule has 1 fully saturated rings. The van der Waals surface area contributed by atoms with Crippen LogP contribution in [-0.4, -0.2) is 30.2 Å². The first-order chi connectivity index (χ1) is 15.4. The van der Waals surface area contributed by atoms with Gasteiger partial charge in [0, 0.05) is 28.1 Å². The zero-order valence-electron chi connectivity index (χ0n) is 17.3. The standard InChI is InChI=1S/C23H20IN7O/c1-23(13-5-7-14(24)8-6-13)16-18(25)28-19(29-20(16)30-22(23)32)15-11-31-10-9-26-21(31)17(27-15)12-3-2-4-12/h5-12H,2-4H2,1H3,(H3,25,28,29,30,32). The van der Waals surface area contributed by atoms with E-state index in [0.717, 1.165) is 33.3 Å². The predicted octanol–water partition coefficient (Wildman–Crippen LogP) is 3.90. The van der Waals surface area contributed by atoms with Crippen LogP contribution in [0.5, 0.6) is 0 Å². The van der Waals surface area contributed by atoms with E-state index in [4.69, 9.17) is 10.7 Å². The number of nitrogen functional groups attached to an aromatic ring is 1. The highest BCUT2D eigenvalue weighted by atomic mass is 127. The molecule has 1 saturated carbocycles. The van der Waals surface area contributed by atoms with Gasteiger partial charge in [-0.15, -0.1) is 0 Å². The van der Waals surface area contributed by atoms with E-state index in [1.165, 1.54) is 6.42 Å². The van der Waals surface area contributed by atoms with Crippen molar-refractivity contribution in [1.82, 2.24) is 24.3 Å². The van der Waals surface area contributed by atoms with Gasteiger partial charge in [-0.25, -0.2) is 19.9 Å². The lowest BCUT2D eigenvalue weighted by Gasteiger charge is -2.25. The van der Waals surface area contributed by atoms with Crippen molar-refractivity contribution in [1.29, 1.82) is 0 Å². The molecule has 1 aliphatic carbocycles.